The Balaban J connectivity index is 0.00000364. The van der Waals surface area contributed by atoms with Crippen molar-refractivity contribution in [2.24, 2.45) is 4.99 Å². The van der Waals surface area contributed by atoms with E-state index in [1.165, 1.54) is 9.99 Å². The van der Waals surface area contributed by atoms with Crippen LogP contribution in [0, 0.1) is 0 Å². The van der Waals surface area contributed by atoms with Crippen LogP contribution in [-0.2, 0) is 10.0 Å². The van der Waals surface area contributed by atoms with E-state index in [1.807, 2.05) is 19.9 Å². The third kappa shape index (κ3) is 6.79. The van der Waals surface area contributed by atoms with Crippen LogP contribution in [-0.4, -0.2) is 82.2 Å². The standard InChI is InChI=1S/C18H31N5O2S.HI/c1-4-23(5-2)26(24,25)16-11-20-18(19-3)22-14-12-21(13-15-22)17-9-7-6-8-10-17;/h6-10H,4-5,11-16H2,1-3H3,(H,19,20);1H. The van der Waals surface area contributed by atoms with Crippen molar-refractivity contribution in [3.8, 4) is 0 Å². The van der Waals surface area contributed by atoms with Crippen LogP contribution in [0.15, 0.2) is 35.3 Å². The average Bonchev–Trinajstić information content (AvgIpc) is 2.67. The molecule has 27 heavy (non-hydrogen) atoms. The molecule has 2 rings (SSSR count). The maximum absolute atomic E-state index is 12.3. The minimum absolute atomic E-state index is 0. The molecule has 1 aliphatic heterocycles. The zero-order valence-corrected chi connectivity index (χ0v) is 19.6. The fourth-order valence-corrected chi connectivity index (χ4v) is 4.59. The molecule has 1 aliphatic rings. The summed E-state index contributed by atoms with van der Waals surface area (Å²) in [6, 6.07) is 10.4. The molecular weight excluding hydrogens is 477 g/mol. The smallest absolute Gasteiger partial charge is 0.215 e. The monoisotopic (exact) mass is 509 g/mol. The molecule has 9 heteroatoms. The first-order chi connectivity index (χ1) is 12.5. The molecule has 154 valence electrons. The molecule has 0 bridgehead atoms. The molecule has 0 atom stereocenters. The van der Waals surface area contributed by atoms with E-state index in [0.29, 0.717) is 19.6 Å². The van der Waals surface area contributed by atoms with E-state index in [1.54, 1.807) is 7.05 Å². The quantitative estimate of drug-likeness (QED) is 0.344. The second-order valence-electron chi connectivity index (χ2n) is 6.18. The van der Waals surface area contributed by atoms with Crippen LogP contribution in [0.1, 0.15) is 13.8 Å². The SMILES string of the molecule is CCN(CC)S(=O)(=O)CCNC(=NC)N1CCN(c2ccccc2)CC1.I. The Morgan fingerprint density at radius 2 is 1.70 bits per heavy atom. The molecule has 7 nitrogen and oxygen atoms in total. The Kier molecular flexibility index (Phi) is 10.4. The van der Waals surface area contributed by atoms with Gasteiger partial charge in [-0.25, -0.2) is 12.7 Å². The van der Waals surface area contributed by atoms with Gasteiger partial charge in [0.25, 0.3) is 0 Å². The van der Waals surface area contributed by atoms with Gasteiger partial charge in [-0.2, -0.15) is 0 Å². The van der Waals surface area contributed by atoms with Crippen LogP contribution in [0.3, 0.4) is 0 Å². The number of benzene rings is 1. The second-order valence-corrected chi connectivity index (χ2v) is 8.27. The third-order valence-electron chi connectivity index (χ3n) is 4.65. The number of hydrogen-bond acceptors (Lipinski definition) is 4. The summed E-state index contributed by atoms with van der Waals surface area (Å²) in [4.78, 5) is 8.86. The van der Waals surface area contributed by atoms with E-state index in [0.717, 1.165) is 32.1 Å². The number of nitrogens with one attached hydrogen (secondary N) is 1. The van der Waals surface area contributed by atoms with E-state index in [4.69, 9.17) is 0 Å². The highest BCUT2D eigenvalue weighted by Crippen LogP contribution is 2.15. The first kappa shape index (κ1) is 24.0. The van der Waals surface area contributed by atoms with Gasteiger partial charge in [0.1, 0.15) is 0 Å². The molecule has 0 saturated carbocycles. The van der Waals surface area contributed by atoms with Gasteiger partial charge in [0, 0.05) is 58.5 Å². The number of anilines is 1. The zero-order valence-electron chi connectivity index (χ0n) is 16.5. The summed E-state index contributed by atoms with van der Waals surface area (Å²) in [6.45, 7) is 8.66. The molecule has 1 aromatic rings. The van der Waals surface area contributed by atoms with Crippen LogP contribution < -0.4 is 10.2 Å². The molecule has 1 N–H and O–H groups in total. The molecule has 0 aliphatic carbocycles. The highest BCUT2D eigenvalue weighted by atomic mass is 127. The molecule has 1 heterocycles. The van der Waals surface area contributed by atoms with Gasteiger partial charge >= 0.3 is 0 Å². The van der Waals surface area contributed by atoms with E-state index >= 15 is 0 Å². The largest absolute Gasteiger partial charge is 0.368 e. The Morgan fingerprint density at radius 1 is 1.11 bits per heavy atom. The van der Waals surface area contributed by atoms with E-state index in [2.05, 4.69) is 44.4 Å². The summed E-state index contributed by atoms with van der Waals surface area (Å²) in [5.41, 5.74) is 1.24. The number of guanidine groups is 1. The maximum Gasteiger partial charge on any atom is 0.215 e. The molecular formula is C18H32IN5O2S. The van der Waals surface area contributed by atoms with Crippen molar-refractivity contribution in [3.05, 3.63) is 30.3 Å². The van der Waals surface area contributed by atoms with Crippen molar-refractivity contribution >= 4 is 45.6 Å². The first-order valence-electron chi connectivity index (χ1n) is 9.25. The highest BCUT2D eigenvalue weighted by molar-refractivity contribution is 14.0. The van der Waals surface area contributed by atoms with Crippen LogP contribution >= 0.6 is 24.0 Å². The predicted octanol–water partition coefficient (Wildman–Crippen LogP) is 1.67. The van der Waals surface area contributed by atoms with Crippen LogP contribution in [0.2, 0.25) is 0 Å². The number of hydrogen-bond donors (Lipinski definition) is 1. The summed E-state index contributed by atoms with van der Waals surface area (Å²) in [7, 11) is -1.47. The lowest BCUT2D eigenvalue weighted by Gasteiger charge is -2.37. The molecule has 0 radical (unpaired) electrons. The fraction of sp³-hybridized carbons (Fsp3) is 0.611. The van der Waals surface area contributed by atoms with Gasteiger partial charge in [0.15, 0.2) is 5.96 Å². The van der Waals surface area contributed by atoms with Crippen molar-refractivity contribution in [1.82, 2.24) is 14.5 Å². The van der Waals surface area contributed by atoms with Gasteiger partial charge in [-0.05, 0) is 12.1 Å². The number of nitrogens with zero attached hydrogens (tertiary/aromatic N) is 4. The lowest BCUT2D eigenvalue weighted by atomic mass is 10.2. The normalized spacial score (nSPS) is 15.6. The van der Waals surface area contributed by atoms with Gasteiger partial charge in [-0.1, -0.05) is 32.0 Å². The first-order valence-corrected chi connectivity index (χ1v) is 10.9. The van der Waals surface area contributed by atoms with Gasteiger partial charge < -0.3 is 15.1 Å². The zero-order chi connectivity index (χ0) is 19.0. The van der Waals surface area contributed by atoms with Crippen molar-refractivity contribution in [2.75, 3.05) is 63.5 Å². The maximum atomic E-state index is 12.3. The topological polar surface area (TPSA) is 68.2 Å². The highest BCUT2D eigenvalue weighted by Gasteiger charge is 2.21. The number of piperazine rings is 1. The molecule has 1 aromatic carbocycles. The number of halogens is 1. The molecule has 0 unspecified atom stereocenters. The number of sulfonamides is 1. The molecule has 0 spiro atoms. The summed E-state index contributed by atoms with van der Waals surface area (Å²) in [6.07, 6.45) is 0. The summed E-state index contributed by atoms with van der Waals surface area (Å²) in [5.74, 6) is 0.852. The molecule has 0 amide bonds. The molecule has 0 aromatic heterocycles. The fourth-order valence-electron chi connectivity index (χ4n) is 3.19. The second kappa shape index (κ2) is 11.7. The Morgan fingerprint density at radius 3 is 2.22 bits per heavy atom. The molecule has 1 fully saturated rings. The minimum Gasteiger partial charge on any atom is -0.368 e. The van der Waals surface area contributed by atoms with Crippen LogP contribution in [0.4, 0.5) is 5.69 Å². The van der Waals surface area contributed by atoms with Gasteiger partial charge in [0.2, 0.25) is 10.0 Å². The van der Waals surface area contributed by atoms with Gasteiger partial charge in [-0.3, -0.25) is 4.99 Å². The lowest BCUT2D eigenvalue weighted by Crippen LogP contribution is -2.53. The Labute approximate surface area is 180 Å². The van der Waals surface area contributed by atoms with Crippen molar-refractivity contribution < 1.29 is 8.42 Å². The van der Waals surface area contributed by atoms with Crippen molar-refractivity contribution in [1.29, 1.82) is 0 Å². The van der Waals surface area contributed by atoms with Crippen LogP contribution in [0.25, 0.3) is 0 Å². The molecule has 1 saturated heterocycles. The third-order valence-corrected chi connectivity index (χ3v) is 6.68. The number of para-hydroxylation sites is 1. The summed E-state index contributed by atoms with van der Waals surface area (Å²) in [5, 5.41) is 3.20. The Bertz CT molecular complexity index is 672. The lowest BCUT2D eigenvalue weighted by molar-refractivity contribution is 0.373. The number of aliphatic imine (C=N–C) groups is 1. The average molecular weight is 509 g/mol. The van der Waals surface area contributed by atoms with Gasteiger partial charge in [-0.15, -0.1) is 24.0 Å². The Hall–Kier alpha value is -1.07. The minimum atomic E-state index is -3.21. The predicted molar refractivity (Wildman–Crippen MR) is 124 cm³/mol. The van der Waals surface area contributed by atoms with Crippen molar-refractivity contribution in [2.45, 2.75) is 13.8 Å². The summed E-state index contributed by atoms with van der Waals surface area (Å²) >= 11 is 0. The van der Waals surface area contributed by atoms with Crippen LogP contribution in [0.5, 0.6) is 0 Å². The number of rotatable bonds is 7. The van der Waals surface area contributed by atoms with Crippen molar-refractivity contribution in [3.63, 3.8) is 0 Å². The summed E-state index contributed by atoms with van der Waals surface area (Å²) < 4.78 is 26.0. The van der Waals surface area contributed by atoms with E-state index in [9.17, 15) is 8.42 Å². The van der Waals surface area contributed by atoms with Gasteiger partial charge in [0.05, 0.1) is 5.75 Å². The van der Waals surface area contributed by atoms with E-state index in [-0.39, 0.29) is 29.7 Å². The van der Waals surface area contributed by atoms with E-state index < -0.39 is 10.0 Å².